The standard InChI is InChI=1S/C20H21N3O5S/c1-4-27-20(26)16-15(14(9-21)17(22)29-16)10-28-19(25)12(3)23-18(24)13-7-5-6-11(2)8-13/h5-8,12H,4,10,22H2,1-3H3,(H,23,24)/t12-/m0/s1. The third-order valence-electron chi connectivity index (χ3n) is 3.95. The fraction of sp³-hybridized carbons (Fsp3) is 0.300. The Morgan fingerprint density at radius 1 is 1.31 bits per heavy atom. The number of ether oxygens (including phenoxy) is 2. The van der Waals surface area contributed by atoms with E-state index in [0.29, 0.717) is 5.56 Å². The molecule has 8 nitrogen and oxygen atoms in total. The lowest BCUT2D eigenvalue weighted by Crippen LogP contribution is -2.39. The molecule has 0 radical (unpaired) electrons. The van der Waals surface area contributed by atoms with E-state index in [1.165, 1.54) is 6.92 Å². The fourth-order valence-electron chi connectivity index (χ4n) is 2.50. The maximum atomic E-state index is 12.3. The van der Waals surface area contributed by atoms with Crippen molar-refractivity contribution in [1.29, 1.82) is 5.26 Å². The highest BCUT2D eigenvalue weighted by Crippen LogP contribution is 2.31. The molecule has 1 aromatic carbocycles. The van der Waals surface area contributed by atoms with Crippen LogP contribution < -0.4 is 11.1 Å². The Morgan fingerprint density at radius 2 is 2.03 bits per heavy atom. The number of nitrogen functional groups attached to an aromatic ring is 1. The first-order valence-electron chi connectivity index (χ1n) is 8.81. The Bertz CT molecular complexity index is 977. The molecule has 2 aromatic rings. The van der Waals surface area contributed by atoms with E-state index >= 15 is 0 Å². The lowest BCUT2D eigenvalue weighted by molar-refractivity contribution is -0.146. The van der Waals surface area contributed by atoms with Crippen molar-refractivity contribution in [3.05, 3.63) is 51.4 Å². The molecule has 0 unspecified atom stereocenters. The minimum Gasteiger partial charge on any atom is -0.462 e. The van der Waals surface area contributed by atoms with E-state index in [1.54, 1.807) is 25.1 Å². The molecule has 0 saturated heterocycles. The zero-order valence-electron chi connectivity index (χ0n) is 16.3. The van der Waals surface area contributed by atoms with Crippen LogP contribution in [0.15, 0.2) is 24.3 Å². The highest BCUT2D eigenvalue weighted by molar-refractivity contribution is 7.18. The first-order valence-corrected chi connectivity index (χ1v) is 9.62. The number of carbonyl (C=O) groups is 3. The van der Waals surface area contributed by atoms with Gasteiger partial charge in [0.25, 0.3) is 5.91 Å². The number of nitriles is 1. The first-order chi connectivity index (χ1) is 13.8. The largest absolute Gasteiger partial charge is 0.462 e. The van der Waals surface area contributed by atoms with Crippen LogP contribution in [-0.4, -0.2) is 30.5 Å². The van der Waals surface area contributed by atoms with Gasteiger partial charge in [0.1, 0.15) is 28.6 Å². The number of nitrogens with two attached hydrogens (primary N) is 1. The molecule has 0 aliphatic carbocycles. The maximum absolute atomic E-state index is 12.3. The van der Waals surface area contributed by atoms with Gasteiger partial charge in [0.2, 0.25) is 0 Å². The normalized spacial score (nSPS) is 11.2. The van der Waals surface area contributed by atoms with E-state index in [2.05, 4.69) is 5.32 Å². The van der Waals surface area contributed by atoms with E-state index in [0.717, 1.165) is 16.9 Å². The van der Waals surface area contributed by atoms with Gasteiger partial charge in [-0.25, -0.2) is 9.59 Å². The lowest BCUT2D eigenvalue weighted by atomic mass is 10.1. The summed E-state index contributed by atoms with van der Waals surface area (Å²) in [5, 5.41) is 12.0. The number of rotatable bonds is 7. The number of esters is 2. The molecule has 1 aromatic heterocycles. The summed E-state index contributed by atoms with van der Waals surface area (Å²) in [5.41, 5.74) is 7.39. The maximum Gasteiger partial charge on any atom is 0.348 e. The quantitative estimate of drug-likeness (QED) is 0.664. The van der Waals surface area contributed by atoms with Crippen LogP contribution in [0.5, 0.6) is 0 Å². The Labute approximate surface area is 172 Å². The molecule has 1 atom stereocenters. The second-order valence-corrected chi connectivity index (χ2v) is 7.21. The van der Waals surface area contributed by atoms with Gasteiger partial charge in [0.15, 0.2) is 0 Å². The number of anilines is 1. The zero-order chi connectivity index (χ0) is 21.6. The third kappa shape index (κ3) is 5.33. The van der Waals surface area contributed by atoms with Crippen molar-refractivity contribution in [3.8, 4) is 6.07 Å². The van der Waals surface area contributed by atoms with Gasteiger partial charge in [0, 0.05) is 11.1 Å². The molecule has 2 rings (SSSR count). The van der Waals surface area contributed by atoms with E-state index < -0.39 is 23.9 Å². The minimum atomic E-state index is -0.935. The second-order valence-electron chi connectivity index (χ2n) is 6.15. The third-order valence-corrected chi connectivity index (χ3v) is 4.99. The smallest absolute Gasteiger partial charge is 0.348 e. The Morgan fingerprint density at radius 3 is 2.66 bits per heavy atom. The van der Waals surface area contributed by atoms with Crippen LogP contribution in [0.25, 0.3) is 0 Å². The number of aryl methyl sites for hydroxylation is 1. The fourth-order valence-corrected chi connectivity index (χ4v) is 3.42. The van der Waals surface area contributed by atoms with E-state index in [1.807, 2.05) is 19.1 Å². The van der Waals surface area contributed by atoms with Crippen molar-refractivity contribution >= 4 is 34.2 Å². The SMILES string of the molecule is CCOC(=O)c1sc(N)c(C#N)c1COC(=O)[C@H](C)NC(=O)c1cccc(C)c1. The van der Waals surface area contributed by atoms with Gasteiger partial charge < -0.3 is 20.5 Å². The number of amides is 1. The molecule has 0 fully saturated rings. The Kier molecular flexibility index (Phi) is 7.33. The molecule has 9 heteroatoms. The number of hydrogen-bond acceptors (Lipinski definition) is 8. The monoisotopic (exact) mass is 415 g/mol. The minimum absolute atomic E-state index is 0.0716. The van der Waals surface area contributed by atoms with Gasteiger partial charge in [-0.05, 0) is 32.9 Å². The van der Waals surface area contributed by atoms with Crippen molar-refractivity contribution in [2.45, 2.75) is 33.4 Å². The summed E-state index contributed by atoms with van der Waals surface area (Å²) in [7, 11) is 0. The summed E-state index contributed by atoms with van der Waals surface area (Å²) in [4.78, 5) is 36.8. The van der Waals surface area contributed by atoms with Crippen LogP contribution >= 0.6 is 11.3 Å². The van der Waals surface area contributed by atoms with Crippen molar-refractivity contribution in [3.63, 3.8) is 0 Å². The molecule has 0 saturated carbocycles. The van der Waals surface area contributed by atoms with Crippen LogP contribution in [0.2, 0.25) is 0 Å². The molecule has 0 aliphatic heterocycles. The van der Waals surface area contributed by atoms with Gasteiger partial charge in [-0.1, -0.05) is 17.7 Å². The molecule has 0 bridgehead atoms. The Balaban J connectivity index is 2.07. The van der Waals surface area contributed by atoms with Crippen LogP contribution in [-0.2, 0) is 20.9 Å². The molecule has 1 heterocycles. The van der Waals surface area contributed by atoms with Gasteiger partial charge in [-0.3, -0.25) is 4.79 Å². The van der Waals surface area contributed by atoms with Crippen molar-refractivity contribution < 1.29 is 23.9 Å². The van der Waals surface area contributed by atoms with Crippen molar-refractivity contribution in [2.75, 3.05) is 12.3 Å². The van der Waals surface area contributed by atoms with Gasteiger partial charge in [-0.2, -0.15) is 5.26 Å². The van der Waals surface area contributed by atoms with E-state index in [9.17, 15) is 19.6 Å². The summed E-state index contributed by atoms with van der Waals surface area (Å²) in [6.45, 7) is 4.80. The number of carbonyl (C=O) groups excluding carboxylic acids is 3. The number of nitrogens with one attached hydrogen (secondary N) is 1. The van der Waals surface area contributed by atoms with E-state index in [-0.39, 0.29) is 34.2 Å². The molecule has 1 amide bonds. The second kappa shape index (κ2) is 9.71. The summed E-state index contributed by atoms with van der Waals surface area (Å²) >= 11 is 0.903. The number of hydrogen-bond donors (Lipinski definition) is 2. The first kappa shape index (κ1) is 21.9. The number of benzene rings is 1. The van der Waals surface area contributed by atoms with Crippen LogP contribution in [0.3, 0.4) is 0 Å². The summed E-state index contributed by atoms with van der Waals surface area (Å²) in [6, 6.07) is 7.91. The van der Waals surface area contributed by atoms with Crippen LogP contribution in [0.4, 0.5) is 5.00 Å². The topological polar surface area (TPSA) is 132 Å². The predicted octanol–water partition coefficient (Wildman–Crippen LogP) is 2.55. The average molecular weight is 415 g/mol. The van der Waals surface area contributed by atoms with Crippen LogP contribution in [0, 0.1) is 18.3 Å². The predicted molar refractivity (Wildman–Crippen MR) is 107 cm³/mol. The highest BCUT2D eigenvalue weighted by Gasteiger charge is 2.25. The molecule has 0 spiro atoms. The van der Waals surface area contributed by atoms with Crippen molar-refractivity contribution in [2.24, 2.45) is 0 Å². The summed E-state index contributed by atoms with van der Waals surface area (Å²) in [6.07, 6.45) is 0. The number of nitrogens with zero attached hydrogens (tertiary/aromatic N) is 1. The van der Waals surface area contributed by atoms with Gasteiger partial charge >= 0.3 is 11.9 Å². The molecular weight excluding hydrogens is 394 g/mol. The highest BCUT2D eigenvalue weighted by atomic mass is 32.1. The molecule has 29 heavy (non-hydrogen) atoms. The summed E-state index contributed by atoms with van der Waals surface area (Å²) in [5.74, 6) is -1.77. The zero-order valence-corrected chi connectivity index (χ0v) is 17.1. The van der Waals surface area contributed by atoms with Crippen molar-refractivity contribution in [1.82, 2.24) is 5.32 Å². The Hall–Kier alpha value is -3.38. The molecule has 3 N–H and O–H groups in total. The van der Waals surface area contributed by atoms with Gasteiger partial charge in [-0.15, -0.1) is 11.3 Å². The molecule has 152 valence electrons. The summed E-state index contributed by atoms with van der Waals surface area (Å²) < 4.78 is 10.2. The van der Waals surface area contributed by atoms with Crippen LogP contribution in [0.1, 0.15) is 50.6 Å². The average Bonchev–Trinajstić information content (AvgIpc) is 3.01. The molecule has 0 aliphatic rings. The van der Waals surface area contributed by atoms with E-state index in [4.69, 9.17) is 15.2 Å². The number of thiophene rings is 1. The lowest BCUT2D eigenvalue weighted by Gasteiger charge is -2.14. The van der Waals surface area contributed by atoms with Gasteiger partial charge in [0.05, 0.1) is 12.2 Å². The molecular formula is C20H21N3O5S.